The lowest BCUT2D eigenvalue weighted by Gasteiger charge is -2.26. The zero-order chi connectivity index (χ0) is 20.9. The lowest BCUT2D eigenvalue weighted by atomic mass is 9.91. The second-order valence-corrected chi connectivity index (χ2v) is 8.20. The summed E-state index contributed by atoms with van der Waals surface area (Å²) in [7, 11) is 0. The van der Waals surface area contributed by atoms with Gasteiger partial charge in [0.25, 0.3) is 0 Å². The lowest BCUT2D eigenvalue weighted by Crippen LogP contribution is -2.39. The van der Waals surface area contributed by atoms with E-state index in [4.69, 9.17) is 4.74 Å². The number of unbranched alkanes of at least 4 members (excludes halogenated alkanes) is 6. The Balaban J connectivity index is 1.87. The minimum absolute atomic E-state index is 0.0966. The van der Waals surface area contributed by atoms with Gasteiger partial charge in [0.05, 0.1) is 12.6 Å². The van der Waals surface area contributed by atoms with Crippen LogP contribution in [-0.2, 0) is 11.2 Å². The number of allylic oxidation sites excluding steroid dienone is 1. The van der Waals surface area contributed by atoms with E-state index in [1.54, 1.807) is 4.90 Å². The van der Waals surface area contributed by atoms with Gasteiger partial charge in [-0.05, 0) is 43.2 Å². The van der Waals surface area contributed by atoms with Crippen molar-refractivity contribution >= 4 is 6.09 Å². The maximum absolute atomic E-state index is 11.6. The lowest BCUT2D eigenvalue weighted by molar-refractivity contribution is 0.0675. The minimum Gasteiger partial charge on any atom is -0.465 e. The van der Waals surface area contributed by atoms with Crippen molar-refractivity contribution in [2.75, 3.05) is 19.8 Å². The van der Waals surface area contributed by atoms with Crippen molar-refractivity contribution < 1.29 is 14.6 Å². The molecule has 0 unspecified atom stereocenters. The number of ether oxygens (including phenoxy) is 1. The zero-order valence-corrected chi connectivity index (χ0v) is 18.2. The summed E-state index contributed by atoms with van der Waals surface area (Å²) < 4.78 is 5.82. The van der Waals surface area contributed by atoms with Crippen molar-refractivity contribution in [3.8, 4) is 0 Å². The molecule has 0 saturated carbocycles. The van der Waals surface area contributed by atoms with Crippen molar-refractivity contribution in [1.29, 1.82) is 0 Å². The van der Waals surface area contributed by atoms with Gasteiger partial charge >= 0.3 is 6.09 Å². The second kappa shape index (κ2) is 13.4. The van der Waals surface area contributed by atoms with Crippen molar-refractivity contribution in [3.05, 3.63) is 48.0 Å². The molecule has 1 aromatic rings. The van der Waals surface area contributed by atoms with E-state index in [2.05, 4.69) is 37.8 Å². The first-order valence-electron chi connectivity index (χ1n) is 11.4. The molecule has 1 aliphatic heterocycles. The summed E-state index contributed by atoms with van der Waals surface area (Å²) in [5, 5.41) is 9.56. The van der Waals surface area contributed by atoms with Crippen LogP contribution in [0.15, 0.2) is 36.9 Å². The summed E-state index contributed by atoms with van der Waals surface area (Å²) in [4.78, 5) is 13.2. The molecular weight excluding hydrogens is 362 g/mol. The van der Waals surface area contributed by atoms with Crippen LogP contribution in [0.1, 0.15) is 81.8 Å². The smallest absolute Gasteiger partial charge is 0.407 e. The van der Waals surface area contributed by atoms with Crippen LogP contribution in [0.25, 0.3) is 0 Å². The third kappa shape index (κ3) is 7.85. The first-order chi connectivity index (χ1) is 14.2. The average molecular weight is 402 g/mol. The van der Waals surface area contributed by atoms with E-state index >= 15 is 0 Å². The fourth-order valence-corrected chi connectivity index (χ4v) is 4.26. The number of likely N-dealkylation sites (tertiary alicyclic amines) is 1. The summed E-state index contributed by atoms with van der Waals surface area (Å²) >= 11 is 0. The predicted octanol–water partition coefficient (Wildman–Crippen LogP) is 6.41. The van der Waals surface area contributed by atoms with Gasteiger partial charge in [0.1, 0.15) is 0 Å². The Hall–Kier alpha value is -1.81. The van der Waals surface area contributed by atoms with Crippen molar-refractivity contribution in [3.63, 3.8) is 0 Å². The van der Waals surface area contributed by atoms with Crippen LogP contribution in [0.3, 0.4) is 0 Å². The number of benzene rings is 1. The normalized spacial score (nSPS) is 18.9. The number of carboxylic acid groups (broad SMARTS) is 1. The summed E-state index contributed by atoms with van der Waals surface area (Å²) in [5.41, 5.74) is 2.62. The molecule has 1 saturated heterocycles. The number of hydrogen-bond acceptors (Lipinski definition) is 2. The predicted molar refractivity (Wildman–Crippen MR) is 120 cm³/mol. The van der Waals surface area contributed by atoms with Gasteiger partial charge in [0, 0.05) is 19.1 Å². The largest absolute Gasteiger partial charge is 0.465 e. The molecule has 4 heteroatoms. The fraction of sp³-hybridized carbons (Fsp3) is 0.640. The molecule has 0 aliphatic carbocycles. The topological polar surface area (TPSA) is 49.8 Å². The molecule has 29 heavy (non-hydrogen) atoms. The standard InChI is InChI=1S/C25H39NO3/c1-3-5-7-8-9-10-12-21-13-15-22(16-14-21)23-17-18-26(25(27)28)24(23)20-29-19-11-6-4-2/h4,13-16,23-24H,2-3,5-12,17-20H2,1H3,(H,27,28)/t23-,24-/m1/s1. The van der Waals surface area contributed by atoms with Crippen LogP contribution < -0.4 is 0 Å². The molecule has 1 heterocycles. The molecule has 2 rings (SSSR count). The first-order valence-corrected chi connectivity index (χ1v) is 11.4. The van der Waals surface area contributed by atoms with Gasteiger partial charge in [0.15, 0.2) is 0 Å². The summed E-state index contributed by atoms with van der Waals surface area (Å²) in [6, 6.07) is 8.76. The summed E-state index contributed by atoms with van der Waals surface area (Å²) in [5.74, 6) is 0.216. The minimum atomic E-state index is -0.841. The van der Waals surface area contributed by atoms with Crippen molar-refractivity contribution in [1.82, 2.24) is 4.90 Å². The molecule has 2 atom stereocenters. The molecule has 162 valence electrons. The molecule has 0 aromatic heterocycles. The van der Waals surface area contributed by atoms with E-state index < -0.39 is 6.09 Å². The Morgan fingerprint density at radius 3 is 2.59 bits per heavy atom. The maximum atomic E-state index is 11.6. The van der Waals surface area contributed by atoms with Crippen LogP contribution in [0.2, 0.25) is 0 Å². The summed E-state index contributed by atoms with van der Waals surface area (Å²) in [6.45, 7) is 7.68. The first kappa shape index (κ1) is 23.5. The highest BCUT2D eigenvalue weighted by Crippen LogP contribution is 2.34. The van der Waals surface area contributed by atoms with E-state index in [1.807, 2.05) is 6.08 Å². The average Bonchev–Trinajstić information content (AvgIpc) is 3.15. The molecule has 4 nitrogen and oxygen atoms in total. The third-order valence-electron chi connectivity index (χ3n) is 6.00. The van der Waals surface area contributed by atoms with Gasteiger partial charge in [-0.3, -0.25) is 0 Å². The highest BCUT2D eigenvalue weighted by Gasteiger charge is 2.37. The van der Waals surface area contributed by atoms with E-state index in [-0.39, 0.29) is 12.0 Å². The van der Waals surface area contributed by atoms with E-state index in [0.717, 1.165) is 25.7 Å². The molecule has 1 N–H and O–H groups in total. The van der Waals surface area contributed by atoms with Crippen LogP contribution in [0.5, 0.6) is 0 Å². The van der Waals surface area contributed by atoms with Gasteiger partial charge in [-0.25, -0.2) is 4.79 Å². The Morgan fingerprint density at radius 1 is 1.17 bits per heavy atom. The highest BCUT2D eigenvalue weighted by molar-refractivity contribution is 5.66. The number of nitrogens with zero attached hydrogens (tertiary/aromatic N) is 1. The molecule has 1 amide bonds. The van der Waals surface area contributed by atoms with Gasteiger partial charge in [-0.1, -0.05) is 69.4 Å². The second-order valence-electron chi connectivity index (χ2n) is 8.20. The maximum Gasteiger partial charge on any atom is 0.407 e. The zero-order valence-electron chi connectivity index (χ0n) is 18.2. The van der Waals surface area contributed by atoms with E-state index in [9.17, 15) is 9.90 Å². The monoisotopic (exact) mass is 401 g/mol. The molecular formula is C25H39NO3. The Bertz CT molecular complexity index is 599. The number of hydrogen-bond donors (Lipinski definition) is 1. The number of rotatable bonds is 14. The van der Waals surface area contributed by atoms with Gasteiger partial charge < -0.3 is 14.7 Å². The van der Waals surface area contributed by atoms with Crippen molar-refractivity contribution in [2.24, 2.45) is 0 Å². The van der Waals surface area contributed by atoms with Crippen LogP contribution in [0.4, 0.5) is 4.79 Å². The number of carbonyl (C=O) groups is 1. The Kier molecular flexibility index (Phi) is 10.9. The molecule has 0 spiro atoms. The van der Waals surface area contributed by atoms with Gasteiger partial charge in [-0.15, -0.1) is 6.58 Å². The van der Waals surface area contributed by atoms with Gasteiger partial charge in [0.2, 0.25) is 0 Å². The van der Waals surface area contributed by atoms with E-state index in [0.29, 0.717) is 19.8 Å². The van der Waals surface area contributed by atoms with E-state index in [1.165, 1.54) is 49.7 Å². The number of aryl methyl sites for hydroxylation is 1. The van der Waals surface area contributed by atoms with Crippen LogP contribution in [-0.4, -0.2) is 41.9 Å². The SMILES string of the molecule is C=CCCCOC[C@@H]1[C@@H](c2ccc(CCCCCCCC)cc2)CCN1C(=O)O. The van der Waals surface area contributed by atoms with Crippen molar-refractivity contribution in [2.45, 2.75) is 83.1 Å². The van der Waals surface area contributed by atoms with Crippen LogP contribution >= 0.6 is 0 Å². The highest BCUT2D eigenvalue weighted by atomic mass is 16.5. The third-order valence-corrected chi connectivity index (χ3v) is 6.00. The molecule has 1 aliphatic rings. The Labute approximate surface area is 176 Å². The van der Waals surface area contributed by atoms with Crippen LogP contribution in [0, 0.1) is 0 Å². The molecule has 1 fully saturated rings. The quantitative estimate of drug-likeness (QED) is 0.289. The fourth-order valence-electron chi connectivity index (χ4n) is 4.26. The number of amides is 1. The molecule has 0 radical (unpaired) electrons. The molecule has 0 bridgehead atoms. The van der Waals surface area contributed by atoms with Gasteiger partial charge in [-0.2, -0.15) is 0 Å². The Morgan fingerprint density at radius 2 is 1.90 bits per heavy atom. The molecule has 1 aromatic carbocycles. The summed E-state index contributed by atoms with van der Waals surface area (Å²) in [6.07, 6.45) is 12.8.